The van der Waals surface area contributed by atoms with Crippen molar-refractivity contribution in [3.05, 3.63) is 48.0 Å². The molecule has 1 unspecified atom stereocenters. The van der Waals surface area contributed by atoms with Crippen molar-refractivity contribution < 1.29 is 17.6 Å². The average Bonchev–Trinajstić information content (AvgIpc) is 3.44. The van der Waals surface area contributed by atoms with Crippen molar-refractivity contribution in [3.63, 3.8) is 0 Å². The van der Waals surface area contributed by atoms with Gasteiger partial charge in [-0.15, -0.1) is 24.0 Å². The fourth-order valence-corrected chi connectivity index (χ4v) is 3.49. The number of nitrogens with one attached hydrogen (secondary N) is 3. The first-order valence-electron chi connectivity index (χ1n) is 9.97. The maximum Gasteiger partial charge on any atom is 0.419 e. The van der Waals surface area contributed by atoms with Crippen LogP contribution in [0.2, 0.25) is 0 Å². The van der Waals surface area contributed by atoms with Crippen molar-refractivity contribution in [3.8, 4) is 0 Å². The van der Waals surface area contributed by atoms with Gasteiger partial charge in [-0.05, 0) is 50.2 Å². The number of pyridine rings is 1. The van der Waals surface area contributed by atoms with Crippen molar-refractivity contribution in [2.24, 2.45) is 4.99 Å². The number of aliphatic imine (C=N–C) groups is 1. The summed E-state index contributed by atoms with van der Waals surface area (Å²) in [5.74, 6) is 1.29. The van der Waals surface area contributed by atoms with Gasteiger partial charge in [0.1, 0.15) is 11.6 Å². The van der Waals surface area contributed by atoms with Crippen molar-refractivity contribution in [1.29, 1.82) is 0 Å². The Bertz CT molecular complexity index is 809. The highest BCUT2D eigenvalue weighted by Crippen LogP contribution is 2.33. The molecule has 0 aliphatic carbocycles. The highest BCUT2D eigenvalue weighted by atomic mass is 127. The molecule has 0 bridgehead atoms. The molecule has 2 aromatic heterocycles. The third-order valence-electron chi connectivity index (χ3n) is 4.96. The second-order valence-electron chi connectivity index (χ2n) is 6.98. The van der Waals surface area contributed by atoms with Gasteiger partial charge in [0.2, 0.25) is 0 Å². The molecule has 3 N–H and O–H groups in total. The van der Waals surface area contributed by atoms with Gasteiger partial charge in [0.25, 0.3) is 0 Å². The molecule has 31 heavy (non-hydrogen) atoms. The van der Waals surface area contributed by atoms with E-state index in [0.29, 0.717) is 19.0 Å². The van der Waals surface area contributed by atoms with E-state index in [1.54, 1.807) is 13.3 Å². The summed E-state index contributed by atoms with van der Waals surface area (Å²) in [6.45, 7) is 3.29. The van der Waals surface area contributed by atoms with Crippen molar-refractivity contribution in [1.82, 2.24) is 20.5 Å². The zero-order chi connectivity index (χ0) is 21.4. The molecule has 11 heteroatoms. The molecule has 0 radical (unpaired) electrons. The number of hydrogen-bond acceptors (Lipinski definition) is 5. The molecular formula is C20H28F3IN6O. The van der Waals surface area contributed by atoms with E-state index in [0.717, 1.165) is 24.9 Å². The Morgan fingerprint density at radius 1 is 1.19 bits per heavy atom. The number of furan rings is 1. The van der Waals surface area contributed by atoms with Crippen LogP contribution in [-0.2, 0) is 6.18 Å². The van der Waals surface area contributed by atoms with Crippen LogP contribution in [0.5, 0.6) is 0 Å². The molecule has 0 saturated carbocycles. The zero-order valence-corrected chi connectivity index (χ0v) is 19.6. The first-order valence-corrected chi connectivity index (χ1v) is 9.97. The minimum Gasteiger partial charge on any atom is -0.468 e. The van der Waals surface area contributed by atoms with Crippen LogP contribution < -0.4 is 16.0 Å². The second kappa shape index (κ2) is 12.1. The lowest BCUT2D eigenvalue weighted by atomic mass is 10.2. The standard InChI is InChI=1S/C20H27F3N6O.HI/c1-24-19(27-10-9-26-18-15(20(21,22)23)6-4-8-25-18)28-14-16(17-7-5-13-30-17)29-11-2-3-12-29;/h4-8,13,16H,2-3,9-12,14H2,1H3,(H,25,26)(H2,24,27,28);1H. The van der Waals surface area contributed by atoms with E-state index in [9.17, 15) is 13.2 Å². The smallest absolute Gasteiger partial charge is 0.419 e. The molecule has 0 aromatic carbocycles. The highest BCUT2D eigenvalue weighted by Gasteiger charge is 2.34. The fourth-order valence-electron chi connectivity index (χ4n) is 3.49. The molecule has 3 heterocycles. The number of halogens is 4. The maximum atomic E-state index is 13.0. The Morgan fingerprint density at radius 2 is 1.97 bits per heavy atom. The predicted octanol–water partition coefficient (Wildman–Crippen LogP) is 3.73. The highest BCUT2D eigenvalue weighted by molar-refractivity contribution is 14.0. The topological polar surface area (TPSA) is 77.7 Å². The minimum atomic E-state index is -4.45. The molecular weight excluding hydrogens is 524 g/mol. The Morgan fingerprint density at radius 3 is 2.61 bits per heavy atom. The van der Waals surface area contributed by atoms with E-state index in [-0.39, 0.29) is 42.4 Å². The van der Waals surface area contributed by atoms with Crippen LogP contribution in [0.25, 0.3) is 0 Å². The first-order chi connectivity index (χ1) is 14.5. The minimum absolute atomic E-state index is 0. The fraction of sp³-hybridized carbons (Fsp3) is 0.500. The Kier molecular flexibility index (Phi) is 9.88. The van der Waals surface area contributed by atoms with E-state index in [1.165, 1.54) is 25.1 Å². The summed E-state index contributed by atoms with van der Waals surface area (Å²) >= 11 is 0. The summed E-state index contributed by atoms with van der Waals surface area (Å²) in [5, 5.41) is 9.12. The van der Waals surface area contributed by atoms with Gasteiger partial charge in [0.05, 0.1) is 17.9 Å². The lowest BCUT2D eigenvalue weighted by Crippen LogP contribution is -2.43. The predicted molar refractivity (Wildman–Crippen MR) is 125 cm³/mol. The van der Waals surface area contributed by atoms with Gasteiger partial charge >= 0.3 is 6.18 Å². The summed E-state index contributed by atoms with van der Waals surface area (Å²) in [6.07, 6.45) is 0.896. The van der Waals surface area contributed by atoms with Crippen LogP contribution in [0.15, 0.2) is 46.1 Å². The van der Waals surface area contributed by atoms with Crippen molar-refractivity contribution in [2.75, 3.05) is 45.1 Å². The van der Waals surface area contributed by atoms with E-state index in [1.807, 2.05) is 12.1 Å². The summed E-state index contributed by atoms with van der Waals surface area (Å²) < 4.78 is 44.7. The number of aromatic nitrogens is 1. The van der Waals surface area contributed by atoms with Crippen LogP contribution in [-0.4, -0.2) is 55.6 Å². The molecule has 2 aromatic rings. The summed E-state index contributed by atoms with van der Waals surface area (Å²) in [5.41, 5.74) is -0.778. The molecule has 0 amide bonds. The second-order valence-corrected chi connectivity index (χ2v) is 6.98. The monoisotopic (exact) mass is 552 g/mol. The van der Waals surface area contributed by atoms with Gasteiger partial charge in [0.15, 0.2) is 5.96 Å². The Hall–Kier alpha value is -2.02. The van der Waals surface area contributed by atoms with Gasteiger partial charge in [-0.25, -0.2) is 4.98 Å². The molecule has 1 saturated heterocycles. The number of hydrogen-bond donors (Lipinski definition) is 3. The van der Waals surface area contributed by atoms with E-state index in [2.05, 4.69) is 30.8 Å². The van der Waals surface area contributed by atoms with Crippen LogP contribution in [0.3, 0.4) is 0 Å². The molecule has 1 atom stereocenters. The molecule has 7 nitrogen and oxygen atoms in total. The largest absolute Gasteiger partial charge is 0.468 e. The lowest BCUT2D eigenvalue weighted by molar-refractivity contribution is -0.137. The SMILES string of the molecule is CN=C(NCCNc1ncccc1C(F)(F)F)NCC(c1ccco1)N1CCCC1.I. The van der Waals surface area contributed by atoms with Crippen LogP contribution in [0, 0.1) is 0 Å². The van der Waals surface area contributed by atoms with E-state index in [4.69, 9.17) is 4.42 Å². The number of anilines is 1. The number of nitrogens with zero attached hydrogens (tertiary/aromatic N) is 3. The quantitative estimate of drug-likeness (QED) is 0.201. The molecule has 1 aliphatic heterocycles. The van der Waals surface area contributed by atoms with Crippen LogP contribution in [0.1, 0.15) is 30.2 Å². The molecule has 3 rings (SSSR count). The maximum absolute atomic E-state index is 13.0. The summed E-state index contributed by atoms with van der Waals surface area (Å²) in [7, 11) is 1.65. The third kappa shape index (κ3) is 7.27. The number of alkyl halides is 3. The number of likely N-dealkylation sites (tertiary alicyclic amines) is 1. The first kappa shape index (κ1) is 25.2. The molecule has 0 spiro atoms. The van der Waals surface area contributed by atoms with E-state index >= 15 is 0 Å². The Balaban J connectivity index is 0.00000341. The van der Waals surface area contributed by atoms with Gasteiger partial charge in [-0.3, -0.25) is 9.89 Å². The third-order valence-corrected chi connectivity index (χ3v) is 4.96. The average molecular weight is 552 g/mol. The normalized spacial score (nSPS) is 15.9. The van der Waals surface area contributed by atoms with Crippen LogP contribution in [0.4, 0.5) is 19.0 Å². The molecule has 172 valence electrons. The van der Waals surface area contributed by atoms with Gasteiger partial charge in [-0.1, -0.05) is 0 Å². The number of rotatable bonds is 8. The zero-order valence-electron chi connectivity index (χ0n) is 17.3. The van der Waals surface area contributed by atoms with Crippen LogP contribution >= 0.6 is 24.0 Å². The lowest BCUT2D eigenvalue weighted by Gasteiger charge is -2.26. The molecule has 1 aliphatic rings. The van der Waals surface area contributed by atoms with Gasteiger partial charge in [0, 0.05) is 32.9 Å². The van der Waals surface area contributed by atoms with E-state index < -0.39 is 11.7 Å². The van der Waals surface area contributed by atoms with Crippen molar-refractivity contribution >= 4 is 35.8 Å². The Labute approximate surface area is 196 Å². The van der Waals surface area contributed by atoms with Gasteiger partial charge < -0.3 is 20.4 Å². The summed E-state index contributed by atoms with van der Waals surface area (Å²) in [6, 6.07) is 6.23. The summed E-state index contributed by atoms with van der Waals surface area (Å²) in [4.78, 5) is 10.4. The van der Waals surface area contributed by atoms with Crippen molar-refractivity contribution in [2.45, 2.75) is 25.1 Å². The van der Waals surface area contributed by atoms with Gasteiger partial charge in [-0.2, -0.15) is 13.2 Å². The number of guanidine groups is 1. The molecule has 1 fully saturated rings.